The highest BCUT2D eigenvalue weighted by Gasteiger charge is 2.22. The highest BCUT2D eigenvalue weighted by molar-refractivity contribution is 7.92. The Kier molecular flexibility index (Phi) is 8.52. The van der Waals surface area contributed by atoms with Crippen molar-refractivity contribution in [3.63, 3.8) is 0 Å². The number of anilines is 2. The number of hydrogen-bond acceptors (Lipinski definition) is 4. The summed E-state index contributed by atoms with van der Waals surface area (Å²) in [5, 5.41) is 2.89. The molecule has 0 saturated carbocycles. The zero-order valence-electron chi connectivity index (χ0n) is 22.2. The van der Waals surface area contributed by atoms with Crippen LogP contribution in [0.4, 0.5) is 11.4 Å². The molecule has 1 N–H and O–H groups in total. The standard InChI is InChI=1S/C30H35N3O4S/c1-22-12-13-23(2)28(20-22)33(38(3,36)37)21-24-14-16-25(17-15-24)29(34)31-27-11-7-6-10-26(27)30(35)32-18-8-4-5-9-19-32/h6-7,10-17,20H,4-5,8-9,18-19,21H2,1-3H3,(H,31,34). The van der Waals surface area contributed by atoms with E-state index in [0.29, 0.717) is 22.5 Å². The molecular weight excluding hydrogens is 498 g/mol. The van der Waals surface area contributed by atoms with Crippen LogP contribution in [0.5, 0.6) is 0 Å². The average molecular weight is 534 g/mol. The van der Waals surface area contributed by atoms with Crippen LogP contribution in [0.2, 0.25) is 0 Å². The molecule has 0 aliphatic carbocycles. The van der Waals surface area contributed by atoms with Gasteiger partial charge in [-0.3, -0.25) is 13.9 Å². The number of nitrogens with one attached hydrogen (secondary N) is 1. The van der Waals surface area contributed by atoms with E-state index in [0.717, 1.165) is 55.5 Å². The molecule has 1 heterocycles. The summed E-state index contributed by atoms with van der Waals surface area (Å²) in [6, 6.07) is 19.7. The molecule has 7 nitrogen and oxygen atoms in total. The average Bonchev–Trinajstić information content (AvgIpc) is 3.18. The predicted octanol–water partition coefficient (Wildman–Crippen LogP) is 5.54. The number of nitrogens with zero attached hydrogens (tertiary/aromatic N) is 2. The predicted molar refractivity (Wildman–Crippen MR) is 152 cm³/mol. The largest absolute Gasteiger partial charge is 0.339 e. The Morgan fingerprint density at radius 3 is 2.21 bits per heavy atom. The van der Waals surface area contributed by atoms with Gasteiger partial charge in [-0.2, -0.15) is 0 Å². The monoisotopic (exact) mass is 533 g/mol. The van der Waals surface area contributed by atoms with E-state index in [-0.39, 0.29) is 18.4 Å². The van der Waals surface area contributed by atoms with Gasteiger partial charge in [0.1, 0.15) is 0 Å². The minimum absolute atomic E-state index is 0.0644. The van der Waals surface area contributed by atoms with E-state index in [9.17, 15) is 18.0 Å². The van der Waals surface area contributed by atoms with Gasteiger partial charge in [-0.1, -0.05) is 49.2 Å². The molecule has 200 valence electrons. The number of sulfonamides is 1. The molecule has 1 aliphatic heterocycles. The van der Waals surface area contributed by atoms with E-state index in [1.165, 1.54) is 10.6 Å². The lowest BCUT2D eigenvalue weighted by molar-refractivity contribution is 0.0762. The summed E-state index contributed by atoms with van der Waals surface area (Å²) in [5.41, 5.74) is 4.62. The third-order valence-corrected chi connectivity index (χ3v) is 8.00. The van der Waals surface area contributed by atoms with Gasteiger partial charge in [0.2, 0.25) is 10.0 Å². The molecule has 1 aliphatic rings. The van der Waals surface area contributed by atoms with Crippen molar-refractivity contribution in [3.8, 4) is 0 Å². The van der Waals surface area contributed by atoms with E-state index in [1.807, 2.05) is 36.9 Å². The SMILES string of the molecule is Cc1ccc(C)c(N(Cc2ccc(C(=O)Nc3ccccc3C(=O)N3CCCCCC3)cc2)S(C)(=O)=O)c1. The first-order valence-corrected chi connectivity index (χ1v) is 14.8. The van der Waals surface area contributed by atoms with Crippen molar-refractivity contribution in [1.82, 2.24) is 4.90 Å². The van der Waals surface area contributed by atoms with Crippen LogP contribution in [0.15, 0.2) is 66.7 Å². The molecule has 0 bridgehead atoms. The first-order valence-electron chi connectivity index (χ1n) is 13.0. The summed E-state index contributed by atoms with van der Waals surface area (Å²) < 4.78 is 26.6. The number of carbonyl (C=O) groups is 2. The van der Waals surface area contributed by atoms with Crippen LogP contribution in [0.25, 0.3) is 0 Å². The van der Waals surface area contributed by atoms with Gasteiger partial charge in [-0.05, 0) is 73.7 Å². The second-order valence-corrected chi connectivity index (χ2v) is 11.9. The molecule has 8 heteroatoms. The summed E-state index contributed by atoms with van der Waals surface area (Å²) in [6.07, 6.45) is 5.44. The fraction of sp³-hybridized carbons (Fsp3) is 0.333. The fourth-order valence-electron chi connectivity index (χ4n) is 4.71. The van der Waals surface area contributed by atoms with Gasteiger partial charge in [-0.15, -0.1) is 0 Å². The summed E-state index contributed by atoms with van der Waals surface area (Å²) in [7, 11) is -3.53. The van der Waals surface area contributed by atoms with Gasteiger partial charge in [-0.25, -0.2) is 8.42 Å². The Balaban J connectivity index is 1.50. The molecule has 1 saturated heterocycles. The molecule has 0 spiro atoms. The van der Waals surface area contributed by atoms with Crippen LogP contribution in [0.1, 0.15) is 63.1 Å². The molecular formula is C30H35N3O4S. The van der Waals surface area contributed by atoms with Crippen molar-refractivity contribution in [2.24, 2.45) is 0 Å². The Bertz CT molecular complexity index is 1410. The van der Waals surface area contributed by atoms with Crippen molar-refractivity contribution in [2.75, 3.05) is 29.0 Å². The molecule has 0 radical (unpaired) electrons. The first kappa shape index (κ1) is 27.4. The van der Waals surface area contributed by atoms with E-state index >= 15 is 0 Å². The van der Waals surface area contributed by atoms with E-state index in [1.54, 1.807) is 48.5 Å². The minimum Gasteiger partial charge on any atom is -0.339 e. The summed E-state index contributed by atoms with van der Waals surface area (Å²) in [6.45, 7) is 5.43. The van der Waals surface area contributed by atoms with E-state index in [4.69, 9.17) is 0 Å². The summed E-state index contributed by atoms with van der Waals surface area (Å²) >= 11 is 0. The Morgan fingerprint density at radius 1 is 0.895 bits per heavy atom. The molecule has 3 aromatic rings. The van der Waals surface area contributed by atoms with E-state index < -0.39 is 10.0 Å². The van der Waals surface area contributed by atoms with Crippen LogP contribution in [0, 0.1) is 13.8 Å². The molecule has 0 aromatic heterocycles. The zero-order chi connectivity index (χ0) is 27.3. The Hall–Kier alpha value is -3.65. The molecule has 4 rings (SSSR count). The maximum atomic E-state index is 13.2. The first-order chi connectivity index (χ1) is 18.1. The van der Waals surface area contributed by atoms with Gasteiger partial charge in [0.25, 0.3) is 11.8 Å². The Morgan fingerprint density at radius 2 is 1.55 bits per heavy atom. The molecule has 0 unspecified atom stereocenters. The number of aryl methyl sites for hydroxylation is 2. The fourth-order valence-corrected chi connectivity index (χ4v) is 5.65. The molecule has 0 atom stereocenters. The normalized spacial score (nSPS) is 14.0. The topological polar surface area (TPSA) is 86.8 Å². The van der Waals surface area contributed by atoms with Crippen molar-refractivity contribution in [3.05, 3.63) is 94.5 Å². The molecule has 2 amide bonds. The number of likely N-dealkylation sites (tertiary alicyclic amines) is 1. The lowest BCUT2D eigenvalue weighted by Crippen LogP contribution is -2.32. The van der Waals surface area contributed by atoms with Crippen LogP contribution >= 0.6 is 0 Å². The van der Waals surface area contributed by atoms with Crippen molar-refractivity contribution in [1.29, 1.82) is 0 Å². The number of amides is 2. The molecule has 1 fully saturated rings. The number of para-hydroxylation sites is 1. The van der Waals surface area contributed by atoms with Gasteiger partial charge in [0, 0.05) is 18.7 Å². The highest BCUT2D eigenvalue weighted by atomic mass is 32.2. The van der Waals surface area contributed by atoms with Crippen LogP contribution in [-0.4, -0.2) is 44.5 Å². The van der Waals surface area contributed by atoms with E-state index in [2.05, 4.69) is 5.32 Å². The van der Waals surface area contributed by atoms with Crippen LogP contribution in [0.3, 0.4) is 0 Å². The third-order valence-electron chi connectivity index (χ3n) is 6.87. The number of carbonyl (C=O) groups excluding carboxylic acids is 2. The molecule has 3 aromatic carbocycles. The number of rotatable bonds is 7. The van der Waals surface area contributed by atoms with Crippen molar-refractivity contribution < 1.29 is 18.0 Å². The maximum Gasteiger partial charge on any atom is 0.255 e. The van der Waals surface area contributed by atoms with Crippen LogP contribution in [-0.2, 0) is 16.6 Å². The Labute approximate surface area is 225 Å². The van der Waals surface area contributed by atoms with Crippen molar-refractivity contribution in [2.45, 2.75) is 46.1 Å². The van der Waals surface area contributed by atoms with Gasteiger partial charge in [0.05, 0.1) is 29.7 Å². The highest BCUT2D eigenvalue weighted by Crippen LogP contribution is 2.26. The third kappa shape index (κ3) is 6.61. The summed E-state index contributed by atoms with van der Waals surface area (Å²) in [4.78, 5) is 28.1. The second kappa shape index (κ2) is 11.8. The quantitative estimate of drug-likeness (QED) is 0.432. The smallest absolute Gasteiger partial charge is 0.255 e. The number of benzene rings is 3. The zero-order valence-corrected chi connectivity index (χ0v) is 23.1. The maximum absolute atomic E-state index is 13.2. The lowest BCUT2D eigenvalue weighted by atomic mass is 10.1. The minimum atomic E-state index is -3.53. The van der Waals surface area contributed by atoms with Crippen molar-refractivity contribution >= 4 is 33.2 Å². The second-order valence-electron chi connectivity index (χ2n) is 9.96. The van der Waals surface area contributed by atoms with Gasteiger partial charge >= 0.3 is 0 Å². The van der Waals surface area contributed by atoms with Gasteiger partial charge < -0.3 is 10.2 Å². The summed E-state index contributed by atoms with van der Waals surface area (Å²) in [5.74, 6) is -0.396. The van der Waals surface area contributed by atoms with Gasteiger partial charge in [0.15, 0.2) is 0 Å². The lowest BCUT2D eigenvalue weighted by Gasteiger charge is -2.25. The van der Waals surface area contributed by atoms with Crippen LogP contribution < -0.4 is 9.62 Å². The number of hydrogen-bond donors (Lipinski definition) is 1. The molecule has 38 heavy (non-hydrogen) atoms.